The third-order valence-electron chi connectivity index (χ3n) is 3.27. The van der Waals surface area contributed by atoms with E-state index in [4.69, 9.17) is 4.74 Å². The molecule has 0 radical (unpaired) electrons. The monoisotopic (exact) mass is 297 g/mol. The van der Waals surface area contributed by atoms with Crippen molar-refractivity contribution in [2.24, 2.45) is 5.92 Å². The van der Waals surface area contributed by atoms with Crippen LogP contribution in [0.5, 0.6) is 0 Å². The molecule has 0 unspecified atom stereocenters. The van der Waals surface area contributed by atoms with E-state index in [-0.39, 0.29) is 11.6 Å². The number of nitrogens with zero attached hydrogens (tertiary/aromatic N) is 1. The molecule has 0 bridgehead atoms. The quantitative estimate of drug-likeness (QED) is 0.898. The Morgan fingerprint density at radius 3 is 2.90 bits per heavy atom. The molecule has 112 valence electrons. The van der Waals surface area contributed by atoms with E-state index in [2.05, 4.69) is 29.5 Å². The average molecular weight is 297 g/mol. The number of carbonyl (C=O) groups excluding carboxylic acids is 1. The number of amides is 2. The number of thiazole rings is 1. The second-order valence-electron chi connectivity index (χ2n) is 6.05. The number of rotatable bonds is 4. The Morgan fingerprint density at radius 1 is 1.55 bits per heavy atom. The molecule has 20 heavy (non-hydrogen) atoms. The van der Waals surface area contributed by atoms with Crippen molar-refractivity contribution in [1.82, 2.24) is 10.3 Å². The van der Waals surface area contributed by atoms with Crippen molar-refractivity contribution >= 4 is 22.4 Å². The Kier molecular flexibility index (Phi) is 4.65. The minimum atomic E-state index is -0.262. The molecule has 1 atom stereocenters. The van der Waals surface area contributed by atoms with Crippen LogP contribution in [-0.2, 0) is 11.2 Å². The summed E-state index contributed by atoms with van der Waals surface area (Å²) in [6.45, 7) is 9.54. The number of aryl methyl sites for hydroxylation is 1. The van der Waals surface area contributed by atoms with Gasteiger partial charge >= 0.3 is 6.03 Å². The van der Waals surface area contributed by atoms with E-state index in [1.54, 1.807) is 0 Å². The maximum absolute atomic E-state index is 12.1. The highest BCUT2D eigenvalue weighted by molar-refractivity contribution is 7.16. The highest BCUT2D eigenvalue weighted by atomic mass is 32.1. The van der Waals surface area contributed by atoms with Gasteiger partial charge in [-0.15, -0.1) is 11.3 Å². The van der Waals surface area contributed by atoms with Crippen LogP contribution < -0.4 is 10.6 Å². The number of anilines is 1. The lowest BCUT2D eigenvalue weighted by molar-refractivity contribution is 0.172. The van der Waals surface area contributed by atoms with Gasteiger partial charge in [-0.1, -0.05) is 13.8 Å². The van der Waals surface area contributed by atoms with Gasteiger partial charge in [0.2, 0.25) is 0 Å². The van der Waals surface area contributed by atoms with Crippen molar-refractivity contribution in [3.8, 4) is 0 Å². The predicted octanol–water partition coefficient (Wildman–Crippen LogP) is 2.95. The molecule has 2 amide bonds. The zero-order valence-corrected chi connectivity index (χ0v) is 13.4. The number of carbonyl (C=O) groups is 1. The predicted molar refractivity (Wildman–Crippen MR) is 81.4 cm³/mol. The van der Waals surface area contributed by atoms with E-state index in [1.165, 1.54) is 11.3 Å². The molecule has 0 saturated carbocycles. The molecule has 2 rings (SSSR count). The van der Waals surface area contributed by atoms with Gasteiger partial charge in [-0.3, -0.25) is 5.32 Å². The highest BCUT2D eigenvalue weighted by Gasteiger charge is 2.31. The molecule has 0 spiro atoms. The molecule has 2 heterocycles. The number of hydrogen-bond donors (Lipinski definition) is 2. The van der Waals surface area contributed by atoms with E-state index in [0.29, 0.717) is 19.1 Å². The summed E-state index contributed by atoms with van der Waals surface area (Å²) >= 11 is 1.53. The van der Waals surface area contributed by atoms with Crippen molar-refractivity contribution in [2.45, 2.75) is 46.1 Å². The van der Waals surface area contributed by atoms with Crippen LogP contribution in [-0.4, -0.2) is 29.8 Å². The molecule has 1 aromatic heterocycles. The molecule has 1 saturated heterocycles. The van der Waals surface area contributed by atoms with Gasteiger partial charge in [0.15, 0.2) is 0 Å². The van der Waals surface area contributed by atoms with Crippen molar-refractivity contribution < 1.29 is 9.53 Å². The lowest BCUT2D eigenvalue weighted by Crippen LogP contribution is -2.48. The maximum atomic E-state index is 12.1. The lowest BCUT2D eigenvalue weighted by atomic mass is 10.0. The summed E-state index contributed by atoms with van der Waals surface area (Å²) in [4.78, 5) is 16.6. The van der Waals surface area contributed by atoms with Crippen LogP contribution >= 0.6 is 11.3 Å². The van der Waals surface area contributed by atoms with Gasteiger partial charge in [0.25, 0.3) is 0 Å². The molecular formula is C14H23N3O2S. The second kappa shape index (κ2) is 6.10. The largest absolute Gasteiger partial charge is 0.379 e. The topological polar surface area (TPSA) is 63.2 Å². The van der Waals surface area contributed by atoms with Crippen molar-refractivity contribution in [3.05, 3.63) is 10.7 Å². The molecule has 0 aliphatic carbocycles. The van der Waals surface area contributed by atoms with Crippen LogP contribution in [0.3, 0.4) is 0 Å². The number of ether oxygens (including phenoxy) is 1. The van der Waals surface area contributed by atoms with Gasteiger partial charge in [-0.25, -0.2) is 9.78 Å². The van der Waals surface area contributed by atoms with Crippen LogP contribution in [0, 0.1) is 12.8 Å². The molecule has 1 fully saturated rings. The van der Waals surface area contributed by atoms with Crippen molar-refractivity contribution in [2.75, 3.05) is 18.5 Å². The fourth-order valence-electron chi connectivity index (χ4n) is 2.27. The van der Waals surface area contributed by atoms with Crippen LogP contribution in [0.1, 0.15) is 37.9 Å². The summed E-state index contributed by atoms with van der Waals surface area (Å²) in [7, 11) is 0. The normalized spacial score (nSPS) is 22.2. The van der Waals surface area contributed by atoms with Gasteiger partial charge in [0, 0.05) is 6.61 Å². The molecular weight excluding hydrogens is 274 g/mol. The molecule has 1 aromatic rings. The molecule has 1 aliphatic heterocycles. The van der Waals surface area contributed by atoms with Gasteiger partial charge < -0.3 is 10.1 Å². The van der Waals surface area contributed by atoms with Crippen molar-refractivity contribution in [1.29, 1.82) is 0 Å². The zero-order chi connectivity index (χ0) is 14.8. The van der Waals surface area contributed by atoms with Crippen molar-refractivity contribution in [3.63, 3.8) is 0 Å². The Labute approximate surface area is 124 Å². The van der Waals surface area contributed by atoms with Crippen LogP contribution in [0.15, 0.2) is 0 Å². The van der Waals surface area contributed by atoms with E-state index in [1.807, 2.05) is 13.8 Å². The summed E-state index contributed by atoms with van der Waals surface area (Å²) in [5, 5.41) is 7.77. The van der Waals surface area contributed by atoms with Gasteiger partial charge in [-0.2, -0.15) is 0 Å². The minimum absolute atomic E-state index is 0.174. The summed E-state index contributed by atoms with van der Waals surface area (Å²) in [6, 6.07) is -0.174. The van der Waals surface area contributed by atoms with Crippen LogP contribution in [0.4, 0.5) is 9.80 Å². The SMILES string of the molecule is Cc1nc(CC(C)C)c(NC(=O)N[C@@]2(C)CCOC2)s1. The highest BCUT2D eigenvalue weighted by Crippen LogP contribution is 2.26. The fraction of sp³-hybridized carbons (Fsp3) is 0.714. The van der Waals surface area contributed by atoms with E-state index >= 15 is 0 Å². The van der Waals surface area contributed by atoms with Crippen LogP contribution in [0.25, 0.3) is 0 Å². The Bertz CT molecular complexity index is 479. The molecule has 5 nitrogen and oxygen atoms in total. The number of aromatic nitrogens is 1. The summed E-state index contributed by atoms with van der Waals surface area (Å²) in [5.74, 6) is 0.515. The third kappa shape index (κ3) is 3.93. The molecule has 6 heteroatoms. The third-order valence-corrected chi connectivity index (χ3v) is 4.20. The minimum Gasteiger partial charge on any atom is -0.379 e. The smallest absolute Gasteiger partial charge is 0.320 e. The van der Waals surface area contributed by atoms with Gasteiger partial charge in [0.1, 0.15) is 5.00 Å². The molecule has 1 aliphatic rings. The first-order valence-corrected chi connectivity index (χ1v) is 7.83. The zero-order valence-electron chi connectivity index (χ0n) is 12.6. The second-order valence-corrected chi connectivity index (χ2v) is 7.25. The number of nitrogens with one attached hydrogen (secondary N) is 2. The first-order chi connectivity index (χ1) is 9.38. The maximum Gasteiger partial charge on any atom is 0.320 e. The fourth-order valence-corrected chi connectivity index (χ4v) is 3.11. The lowest BCUT2D eigenvalue weighted by Gasteiger charge is -2.23. The van der Waals surface area contributed by atoms with E-state index in [9.17, 15) is 4.79 Å². The summed E-state index contributed by atoms with van der Waals surface area (Å²) in [6.07, 6.45) is 1.72. The Hall–Kier alpha value is -1.14. The summed E-state index contributed by atoms with van der Waals surface area (Å²) in [5.41, 5.74) is 0.715. The Balaban J connectivity index is 2.00. The van der Waals surface area contributed by atoms with E-state index in [0.717, 1.165) is 28.5 Å². The summed E-state index contributed by atoms with van der Waals surface area (Å²) < 4.78 is 5.34. The molecule has 0 aromatic carbocycles. The van der Waals surface area contributed by atoms with E-state index < -0.39 is 0 Å². The van der Waals surface area contributed by atoms with Gasteiger partial charge in [-0.05, 0) is 32.6 Å². The van der Waals surface area contributed by atoms with Crippen LogP contribution in [0.2, 0.25) is 0 Å². The average Bonchev–Trinajstić information content (AvgIpc) is 2.85. The number of urea groups is 1. The first-order valence-electron chi connectivity index (χ1n) is 7.01. The standard InChI is InChI=1S/C14H23N3O2S/c1-9(2)7-11-12(20-10(3)15-11)16-13(18)17-14(4)5-6-19-8-14/h9H,5-8H2,1-4H3,(H2,16,17,18)/t14-/m0/s1. The van der Waals surface area contributed by atoms with Gasteiger partial charge in [0.05, 0.1) is 22.8 Å². The Morgan fingerprint density at radius 2 is 2.30 bits per heavy atom. The first kappa shape index (κ1) is 15.3. The number of hydrogen-bond acceptors (Lipinski definition) is 4. The molecule has 2 N–H and O–H groups in total.